The molecule has 0 spiro atoms. The Balaban J connectivity index is 2.21. The highest BCUT2D eigenvalue weighted by atomic mass is 32.2. The van der Waals surface area contributed by atoms with Crippen LogP contribution in [0.15, 0.2) is 53.4 Å². The lowest BCUT2D eigenvalue weighted by Gasteiger charge is -2.27. The van der Waals surface area contributed by atoms with Gasteiger partial charge in [0.25, 0.3) is 0 Å². The molecule has 27 heavy (non-hydrogen) atoms. The number of nitrogens with zero attached hydrogens (tertiary/aromatic N) is 2. The zero-order valence-corrected chi connectivity index (χ0v) is 17.2. The maximum atomic E-state index is 12.8. The van der Waals surface area contributed by atoms with Crippen molar-refractivity contribution < 1.29 is 13.2 Å². The first-order valence-corrected chi connectivity index (χ1v) is 10.2. The molecule has 2 rings (SSSR count). The molecule has 0 aliphatic carbocycles. The van der Waals surface area contributed by atoms with Crippen molar-refractivity contribution in [2.45, 2.75) is 31.7 Å². The van der Waals surface area contributed by atoms with E-state index in [2.05, 4.69) is 5.32 Å². The van der Waals surface area contributed by atoms with Crippen LogP contribution >= 0.6 is 0 Å². The molecule has 0 bridgehead atoms. The minimum absolute atomic E-state index is 0.00301. The predicted molar refractivity (Wildman–Crippen MR) is 110 cm³/mol. The van der Waals surface area contributed by atoms with E-state index in [4.69, 9.17) is 0 Å². The number of carbonyl (C=O) groups is 1. The SMILES string of the molecule is Cc1ccc(S(=O)(=O)N(C)C)cc1NCC(=O)N(c1ccccc1)C(C)C. The van der Waals surface area contributed by atoms with E-state index in [0.717, 1.165) is 11.3 Å². The number of hydrogen-bond donors (Lipinski definition) is 1. The van der Waals surface area contributed by atoms with Crippen LogP contribution in [-0.4, -0.2) is 45.3 Å². The summed E-state index contributed by atoms with van der Waals surface area (Å²) in [4.78, 5) is 14.7. The van der Waals surface area contributed by atoms with Crippen LogP contribution in [-0.2, 0) is 14.8 Å². The van der Waals surface area contributed by atoms with E-state index in [1.807, 2.05) is 51.1 Å². The standard InChI is InChI=1S/C20H27N3O3S/c1-15(2)23(17-9-7-6-8-10-17)20(24)14-21-19-13-18(12-11-16(19)3)27(25,26)22(4)5/h6-13,15,21H,14H2,1-5H3. The van der Waals surface area contributed by atoms with Crippen molar-refractivity contribution in [3.8, 4) is 0 Å². The van der Waals surface area contributed by atoms with Crippen LogP contribution in [0.25, 0.3) is 0 Å². The first-order chi connectivity index (χ1) is 12.6. The van der Waals surface area contributed by atoms with Crippen LogP contribution in [0.4, 0.5) is 11.4 Å². The fourth-order valence-corrected chi connectivity index (χ4v) is 3.67. The third kappa shape index (κ3) is 4.87. The molecule has 2 aromatic rings. The Morgan fingerprint density at radius 2 is 1.70 bits per heavy atom. The monoisotopic (exact) mass is 389 g/mol. The van der Waals surface area contributed by atoms with Crippen molar-refractivity contribution in [1.29, 1.82) is 0 Å². The molecule has 0 heterocycles. The Morgan fingerprint density at radius 3 is 2.26 bits per heavy atom. The van der Waals surface area contributed by atoms with E-state index in [1.54, 1.807) is 23.1 Å². The van der Waals surface area contributed by atoms with Crippen molar-refractivity contribution >= 4 is 27.3 Å². The van der Waals surface area contributed by atoms with Gasteiger partial charge in [-0.3, -0.25) is 4.79 Å². The molecule has 0 aromatic heterocycles. The lowest BCUT2D eigenvalue weighted by molar-refractivity contribution is -0.117. The van der Waals surface area contributed by atoms with Crippen molar-refractivity contribution in [2.75, 3.05) is 30.9 Å². The summed E-state index contributed by atoms with van der Waals surface area (Å²) < 4.78 is 25.8. The Morgan fingerprint density at radius 1 is 1.07 bits per heavy atom. The molecule has 0 saturated carbocycles. The van der Waals surface area contributed by atoms with E-state index in [1.165, 1.54) is 18.4 Å². The number of anilines is 2. The molecule has 0 fully saturated rings. The van der Waals surface area contributed by atoms with E-state index in [-0.39, 0.29) is 23.4 Å². The van der Waals surface area contributed by atoms with Crippen LogP contribution in [0, 0.1) is 6.92 Å². The number of sulfonamides is 1. The van der Waals surface area contributed by atoms with Gasteiger partial charge in [0, 0.05) is 31.5 Å². The quantitative estimate of drug-likeness (QED) is 0.790. The molecule has 2 aromatic carbocycles. The summed E-state index contributed by atoms with van der Waals surface area (Å²) in [5, 5.41) is 3.10. The molecule has 6 nitrogen and oxygen atoms in total. The summed E-state index contributed by atoms with van der Waals surface area (Å²) in [6.45, 7) is 5.86. The molecule has 7 heteroatoms. The van der Waals surface area contributed by atoms with Crippen molar-refractivity contribution in [2.24, 2.45) is 0 Å². The molecule has 0 atom stereocenters. The number of amides is 1. The van der Waals surface area contributed by atoms with Gasteiger partial charge < -0.3 is 10.2 Å². The van der Waals surface area contributed by atoms with Crippen LogP contribution in [0.5, 0.6) is 0 Å². The molecule has 0 unspecified atom stereocenters. The summed E-state index contributed by atoms with van der Waals surface area (Å²) in [5.41, 5.74) is 2.33. The van der Waals surface area contributed by atoms with Gasteiger partial charge in [-0.15, -0.1) is 0 Å². The Bertz CT molecular complexity index is 894. The number of para-hydroxylation sites is 1. The Hall–Kier alpha value is -2.38. The van der Waals surface area contributed by atoms with E-state index >= 15 is 0 Å². The number of nitrogens with one attached hydrogen (secondary N) is 1. The summed E-state index contributed by atoms with van der Waals surface area (Å²) in [7, 11) is -0.545. The van der Waals surface area contributed by atoms with E-state index < -0.39 is 10.0 Å². The molecule has 0 saturated heterocycles. The molecular formula is C20H27N3O3S. The number of hydrogen-bond acceptors (Lipinski definition) is 4. The van der Waals surface area contributed by atoms with Gasteiger partial charge in [-0.05, 0) is 50.6 Å². The molecule has 146 valence electrons. The molecule has 0 radical (unpaired) electrons. The molecular weight excluding hydrogens is 362 g/mol. The number of benzene rings is 2. The number of aryl methyl sites for hydroxylation is 1. The highest BCUT2D eigenvalue weighted by molar-refractivity contribution is 7.89. The lowest BCUT2D eigenvalue weighted by atomic mass is 10.2. The fraction of sp³-hybridized carbons (Fsp3) is 0.350. The second-order valence-electron chi connectivity index (χ2n) is 6.81. The molecule has 0 aliphatic heterocycles. The van der Waals surface area contributed by atoms with Gasteiger partial charge in [0.15, 0.2) is 0 Å². The normalized spacial score (nSPS) is 11.7. The van der Waals surface area contributed by atoms with Gasteiger partial charge in [-0.25, -0.2) is 12.7 Å². The van der Waals surface area contributed by atoms with Crippen LogP contribution in [0.3, 0.4) is 0 Å². The topological polar surface area (TPSA) is 69.7 Å². The fourth-order valence-electron chi connectivity index (χ4n) is 2.74. The lowest BCUT2D eigenvalue weighted by Crippen LogP contribution is -2.40. The Labute approximate surface area is 161 Å². The minimum Gasteiger partial charge on any atom is -0.376 e. The largest absolute Gasteiger partial charge is 0.376 e. The maximum absolute atomic E-state index is 12.8. The summed E-state index contributed by atoms with van der Waals surface area (Å²) in [6, 6.07) is 14.4. The first-order valence-electron chi connectivity index (χ1n) is 8.78. The van der Waals surface area contributed by atoms with Crippen molar-refractivity contribution in [3.63, 3.8) is 0 Å². The van der Waals surface area contributed by atoms with E-state index in [0.29, 0.717) is 5.69 Å². The minimum atomic E-state index is -3.53. The average molecular weight is 390 g/mol. The summed E-state index contributed by atoms with van der Waals surface area (Å²) in [5.74, 6) is -0.0866. The number of rotatable bonds is 7. The molecule has 1 N–H and O–H groups in total. The van der Waals surface area contributed by atoms with Gasteiger partial charge in [-0.2, -0.15) is 0 Å². The van der Waals surface area contributed by atoms with Gasteiger partial charge in [0.1, 0.15) is 0 Å². The van der Waals surface area contributed by atoms with Crippen LogP contribution in [0.1, 0.15) is 19.4 Å². The van der Waals surface area contributed by atoms with Gasteiger partial charge in [-0.1, -0.05) is 24.3 Å². The summed E-state index contributed by atoms with van der Waals surface area (Å²) >= 11 is 0. The second kappa shape index (κ2) is 8.54. The third-order valence-corrected chi connectivity index (χ3v) is 6.05. The third-order valence-electron chi connectivity index (χ3n) is 4.24. The smallest absolute Gasteiger partial charge is 0.246 e. The Kier molecular flexibility index (Phi) is 6.62. The highest BCUT2D eigenvalue weighted by Crippen LogP contribution is 2.22. The molecule has 0 aliphatic rings. The van der Waals surface area contributed by atoms with Gasteiger partial charge in [0.2, 0.25) is 15.9 Å². The summed E-state index contributed by atoms with van der Waals surface area (Å²) in [6.07, 6.45) is 0. The van der Waals surface area contributed by atoms with Gasteiger partial charge in [0.05, 0.1) is 11.4 Å². The zero-order valence-electron chi connectivity index (χ0n) is 16.4. The van der Waals surface area contributed by atoms with Crippen LogP contribution in [0.2, 0.25) is 0 Å². The maximum Gasteiger partial charge on any atom is 0.246 e. The predicted octanol–water partition coefficient (Wildman–Crippen LogP) is 3.10. The molecule has 1 amide bonds. The van der Waals surface area contributed by atoms with Gasteiger partial charge >= 0.3 is 0 Å². The zero-order chi connectivity index (χ0) is 20.2. The highest BCUT2D eigenvalue weighted by Gasteiger charge is 2.20. The van der Waals surface area contributed by atoms with Crippen LogP contribution < -0.4 is 10.2 Å². The van der Waals surface area contributed by atoms with Crippen molar-refractivity contribution in [1.82, 2.24) is 4.31 Å². The first kappa shape index (κ1) is 20.9. The number of carbonyl (C=O) groups excluding carboxylic acids is 1. The average Bonchev–Trinajstić information content (AvgIpc) is 2.61. The second-order valence-corrected chi connectivity index (χ2v) is 8.96. The van der Waals surface area contributed by atoms with E-state index in [9.17, 15) is 13.2 Å². The van der Waals surface area contributed by atoms with Crippen molar-refractivity contribution in [3.05, 3.63) is 54.1 Å².